The SMILES string of the molecule is O=[N+]([O-])c1ccc(-c2csc(=Nc3ccc(Cl)cc3Cl)n2CCC2=CCCCC2)cc1. The molecule has 1 aliphatic carbocycles. The molecule has 0 spiro atoms. The van der Waals surface area contributed by atoms with Crippen LogP contribution in [0.1, 0.15) is 32.1 Å². The fourth-order valence-electron chi connectivity index (χ4n) is 3.68. The van der Waals surface area contributed by atoms with Gasteiger partial charge in [-0.2, -0.15) is 0 Å². The average Bonchev–Trinajstić information content (AvgIpc) is 3.17. The zero-order chi connectivity index (χ0) is 21.8. The summed E-state index contributed by atoms with van der Waals surface area (Å²) < 4.78 is 2.17. The Bertz CT molecular complexity index is 1200. The summed E-state index contributed by atoms with van der Waals surface area (Å²) in [5.41, 5.74) is 4.13. The van der Waals surface area contributed by atoms with Crippen LogP contribution in [0.2, 0.25) is 10.0 Å². The lowest BCUT2D eigenvalue weighted by atomic mass is 9.97. The quantitative estimate of drug-likeness (QED) is 0.210. The predicted molar refractivity (Wildman–Crippen MR) is 127 cm³/mol. The van der Waals surface area contributed by atoms with Gasteiger partial charge in [0.05, 0.1) is 21.3 Å². The van der Waals surface area contributed by atoms with E-state index >= 15 is 0 Å². The molecule has 1 aromatic heterocycles. The number of rotatable bonds is 6. The second kappa shape index (κ2) is 9.81. The van der Waals surface area contributed by atoms with Crippen molar-refractivity contribution in [2.75, 3.05) is 0 Å². The molecule has 0 fully saturated rings. The van der Waals surface area contributed by atoms with Crippen molar-refractivity contribution in [3.8, 4) is 11.3 Å². The lowest BCUT2D eigenvalue weighted by molar-refractivity contribution is -0.384. The van der Waals surface area contributed by atoms with E-state index < -0.39 is 0 Å². The van der Waals surface area contributed by atoms with Crippen LogP contribution in [0.15, 0.2) is 64.5 Å². The lowest BCUT2D eigenvalue weighted by Gasteiger charge is -2.14. The van der Waals surface area contributed by atoms with Crippen LogP contribution in [0.25, 0.3) is 11.3 Å². The number of non-ortho nitro benzene ring substituents is 1. The summed E-state index contributed by atoms with van der Waals surface area (Å²) in [5, 5.41) is 14.1. The molecule has 0 radical (unpaired) electrons. The highest BCUT2D eigenvalue weighted by Crippen LogP contribution is 2.29. The number of hydrogen-bond acceptors (Lipinski definition) is 4. The molecule has 2 aromatic carbocycles. The highest BCUT2D eigenvalue weighted by molar-refractivity contribution is 7.07. The van der Waals surface area contributed by atoms with Crippen molar-refractivity contribution in [3.63, 3.8) is 0 Å². The maximum Gasteiger partial charge on any atom is 0.269 e. The number of nitro benzene ring substituents is 1. The van der Waals surface area contributed by atoms with E-state index in [4.69, 9.17) is 28.2 Å². The summed E-state index contributed by atoms with van der Waals surface area (Å²) in [6.45, 7) is 0.783. The molecule has 1 heterocycles. The third kappa shape index (κ3) is 5.26. The predicted octanol–water partition coefficient (Wildman–Crippen LogP) is 7.55. The van der Waals surface area contributed by atoms with Crippen molar-refractivity contribution in [1.82, 2.24) is 4.57 Å². The zero-order valence-electron chi connectivity index (χ0n) is 16.8. The number of benzene rings is 2. The van der Waals surface area contributed by atoms with E-state index in [1.54, 1.807) is 24.3 Å². The van der Waals surface area contributed by atoms with E-state index in [-0.39, 0.29) is 10.6 Å². The third-order valence-electron chi connectivity index (χ3n) is 5.34. The molecule has 3 aromatic rings. The van der Waals surface area contributed by atoms with Crippen molar-refractivity contribution in [2.24, 2.45) is 4.99 Å². The van der Waals surface area contributed by atoms with Crippen LogP contribution in [-0.4, -0.2) is 9.49 Å². The molecule has 5 nitrogen and oxygen atoms in total. The fourth-order valence-corrected chi connectivity index (χ4v) is 5.08. The fraction of sp³-hybridized carbons (Fsp3) is 0.261. The molecule has 0 amide bonds. The first-order valence-electron chi connectivity index (χ1n) is 10.1. The highest BCUT2D eigenvalue weighted by atomic mass is 35.5. The summed E-state index contributed by atoms with van der Waals surface area (Å²) >= 11 is 13.9. The van der Waals surface area contributed by atoms with Gasteiger partial charge in [0.15, 0.2) is 4.80 Å². The van der Waals surface area contributed by atoms with Crippen LogP contribution in [-0.2, 0) is 6.54 Å². The molecule has 1 aliphatic rings. The van der Waals surface area contributed by atoms with E-state index in [2.05, 4.69) is 10.6 Å². The number of nitro groups is 1. The molecule has 160 valence electrons. The molecular formula is C23H21Cl2N3O2S. The van der Waals surface area contributed by atoms with E-state index in [1.165, 1.54) is 41.9 Å². The van der Waals surface area contributed by atoms with Crippen LogP contribution >= 0.6 is 34.5 Å². The van der Waals surface area contributed by atoms with Crippen LogP contribution in [0, 0.1) is 10.1 Å². The molecule has 0 saturated carbocycles. The standard InChI is InChI=1S/C23H21Cl2N3O2S/c24-18-8-11-21(20(25)14-18)26-23-27(13-12-16-4-2-1-3-5-16)22(15-31-23)17-6-9-19(10-7-17)28(29)30/h4,6-11,14-15H,1-3,5,12-13H2. The summed E-state index contributed by atoms with van der Waals surface area (Å²) in [6.07, 6.45) is 8.11. The third-order valence-corrected chi connectivity index (χ3v) is 6.74. The van der Waals surface area contributed by atoms with Gasteiger partial charge < -0.3 is 4.57 Å². The van der Waals surface area contributed by atoms with Gasteiger partial charge in [0.1, 0.15) is 0 Å². The minimum atomic E-state index is -0.385. The number of hydrogen-bond donors (Lipinski definition) is 0. The van der Waals surface area contributed by atoms with Gasteiger partial charge in [0.25, 0.3) is 5.69 Å². The first kappa shape index (κ1) is 21.8. The minimum absolute atomic E-state index is 0.0794. The average molecular weight is 474 g/mol. The Morgan fingerprint density at radius 2 is 1.94 bits per heavy atom. The van der Waals surface area contributed by atoms with Gasteiger partial charge >= 0.3 is 0 Å². The van der Waals surface area contributed by atoms with Gasteiger partial charge in [0.2, 0.25) is 0 Å². The van der Waals surface area contributed by atoms with Crippen LogP contribution in [0.5, 0.6) is 0 Å². The first-order chi connectivity index (χ1) is 15.0. The van der Waals surface area contributed by atoms with Gasteiger partial charge in [-0.3, -0.25) is 10.1 Å². The molecule has 0 N–H and O–H groups in total. The largest absolute Gasteiger partial charge is 0.316 e. The molecule has 0 atom stereocenters. The normalized spacial score (nSPS) is 14.5. The van der Waals surface area contributed by atoms with E-state index in [0.29, 0.717) is 15.7 Å². The second-order valence-electron chi connectivity index (χ2n) is 7.42. The Labute approximate surface area is 194 Å². The van der Waals surface area contributed by atoms with Gasteiger partial charge in [0, 0.05) is 29.1 Å². The summed E-state index contributed by atoms with van der Waals surface area (Å²) in [7, 11) is 0. The zero-order valence-corrected chi connectivity index (χ0v) is 19.1. The van der Waals surface area contributed by atoms with Crippen molar-refractivity contribution < 1.29 is 4.92 Å². The summed E-state index contributed by atoms with van der Waals surface area (Å²) in [5.74, 6) is 0. The summed E-state index contributed by atoms with van der Waals surface area (Å²) in [4.78, 5) is 16.3. The maximum absolute atomic E-state index is 11.0. The lowest BCUT2D eigenvalue weighted by Crippen LogP contribution is -2.16. The molecule has 4 rings (SSSR count). The number of thiazole rings is 1. The molecule has 31 heavy (non-hydrogen) atoms. The van der Waals surface area contributed by atoms with Crippen molar-refractivity contribution >= 4 is 45.9 Å². The van der Waals surface area contributed by atoms with Crippen LogP contribution < -0.4 is 4.80 Å². The molecule has 0 bridgehead atoms. The highest BCUT2D eigenvalue weighted by Gasteiger charge is 2.13. The molecule has 0 unspecified atom stereocenters. The number of allylic oxidation sites excluding steroid dienone is 2. The minimum Gasteiger partial charge on any atom is -0.316 e. The van der Waals surface area contributed by atoms with Gasteiger partial charge in [-0.05, 0) is 68.0 Å². The maximum atomic E-state index is 11.0. The monoisotopic (exact) mass is 473 g/mol. The Balaban J connectivity index is 1.74. The molecular weight excluding hydrogens is 453 g/mol. The van der Waals surface area contributed by atoms with Crippen LogP contribution in [0.3, 0.4) is 0 Å². The first-order valence-corrected chi connectivity index (χ1v) is 11.8. The molecule has 0 saturated heterocycles. The van der Waals surface area contributed by atoms with Gasteiger partial charge in [-0.25, -0.2) is 4.99 Å². The summed E-state index contributed by atoms with van der Waals surface area (Å²) in [6, 6.07) is 11.9. The van der Waals surface area contributed by atoms with Gasteiger partial charge in [-0.15, -0.1) is 11.3 Å². The number of aromatic nitrogens is 1. The van der Waals surface area contributed by atoms with Crippen molar-refractivity contribution in [3.05, 3.63) is 84.5 Å². The number of nitrogens with zero attached hydrogens (tertiary/aromatic N) is 3. The van der Waals surface area contributed by atoms with E-state index in [0.717, 1.165) is 41.9 Å². The Hall–Kier alpha value is -2.41. The van der Waals surface area contributed by atoms with Gasteiger partial charge in [-0.1, -0.05) is 34.9 Å². The van der Waals surface area contributed by atoms with Crippen LogP contribution in [0.4, 0.5) is 11.4 Å². The Kier molecular flexibility index (Phi) is 6.90. The van der Waals surface area contributed by atoms with E-state index in [9.17, 15) is 10.1 Å². The second-order valence-corrected chi connectivity index (χ2v) is 9.11. The molecule has 8 heteroatoms. The van der Waals surface area contributed by atoms with E-state index in [1.807, 2.05) is 11.4 Å². The molecule has 0 aliphatic heterocycles. The Morgan fingerprint density at radius 3 is 2.61 bits per heavy atom. The smallest absolute Gasteiger partial charge is 0.269 e. The van der Waals surface area contributed by atoms with Crippen molar-refractivity contribution in [1.29, 1.82) is 0 Å². The Morgan fingerprint density at radius 1 is 1.13 bits per heavy atom. The number of halogens is 2. The van der Waals surface area contributed by atoms with Crippen molar-refractivity contribution in [2.45, 2.75) is 38.6 Å². The topological polar surface area (TPSA) is 60.4 Å².